The molecule has 0 radical (unpaired) electrons. The van der Waals surface area contributed by atoms with Crippen molar-refractivity contribution in [2.24, 2.45) is 11.7 Å². The third-order valence-corrected chi connectivity index (χ3v) is 5.91. The standard InChI is InChI=1S/C20H24FN3O3.ClH/c1-10-17-13(7-15(20(26)27)19(25)24(17)14-3-4-14)8-16(21)18(10)23-6-5-12(9-23)11(2)22;/h7-8,11-12,14H,3-6,9,22H2,1-2H3,(H,26,27);1H/t11-,12-;/m0./s1. The van der Waals surface area contributed by atoms with Crippen LogP contribution in [0, 0.1) is 18.7 Å². The number of nitrogens with zero attached hydrogens (tertiary/aromatic N) is 2. The molecular weight excluding hydrogens is 385 g/mol. The van der Waals surface area contributed by atoms with Crippen LogP contribution in [0.25, 0.3) is 10.9 Å². The van der Waals surface area contributed by atoms with Crippen LogP contribution in [0.1, 0.15) is 48.1 Å². The molecule has 1 aromatic heterocycles. The van der Waals surface area contributed by atoms with E-state index in [-0.39, 0.29) is 35.9 Å². The first-order valence-electron chi connectivity index (χ1n) is 9.41. The van der Waals surface area contributed by atoms with E-state index in [4.69, 9.17) is 5.73 Å². The van der Waals surface area contributed by atoms with Crippen LogP contribution in [-0.4, -0.2) is 34.8 Å². The molecule has 2 heterocycles. The van der Waals surface area contributed by atoms with Crippen LogP contribution < -0.4 is 16.2 Å². The molecule has 3 N–H and O–H groups in total. The average Bonchev–Trinajstić information content (AvgIpc) is 3.31. The normalized spacial score (nSPS) is 20.3. The highest BCUT2D eigenvalue weighted by Gasteiger charge is 2.32. The summed E-state index contributed by atoms with van der Waals surface area (Å²) in [5.74, 6) is -1.36. The van der Waals surface area contributed by atoms with E-state index in [1.54, 1.807) is 4.57 Å². The van der Waals surface area contributed by atoms with Gasteiger partial charge in [-0.05, 0) is 56.7 Å². The third-order valence-electron chi connectivity index (χ3n) is 5.91. The van der Waals surface area contributed by atoms with E-state index >= 15 is 4.39 Å². The lowest BCUT2D eigenvalue weighted by Crippen LogP contribution is -2.31. The van der Waals surface area contributed by atoms with E-state index in [1.165, 1.54) is 12.1 Å². The van der Waals surface area contributed by atoms with Crippen LogP contribution in [0.2, 0.25) is 0 Å². The fraction of sp³-hybridized carbons (Fsp3) is 0.500. The Balaban J connectivity index is 0.00000225. The van der Waals surface area contributed by atoms with Crippen molar-refractivity contribution < 1.29 is 14.3 Å². The predicted octanol–water partition coefficient (Wildman–Crippen LogP) is 3.08. The largest absolute Gasteiger partial charge is 0.477 e. The van der Waals surface area contributed by atoms with Gasteiger partial charge >= 0.3 is 5.97 Å². The molecule has 4 rings (SSSR count). The molecule has 1 aromatic carbocycles. The van der Waals surface area contributed by atoms with Gasteiger partial charge in [0.1, 0.15) is 11.4 Å². The quantitative estimate of drug-likeness (QED) is 0.810. The number of rotatable bonds is 4. The van der Waals surface area contributed by atoms with Gasteiger partial charge < -0.3 is 20.3 Å². The summed E-state index contributed by atoms with van der Waals surface area (Å²) < 4.78 is 16.6. The summed E-state index contributed by atoms with van der Waals surface area (Å²) in [6, 6.07) is 2.70. The second-order valence-corrected chi connectivity index (χ2v) is 7.89. The molecule has 1 aliphatic heterocycles. The van der Waals surface area contributed by atoms with E-state index in [9.17, 15) is 14.7 Å². The number of halogens is 2. The molecule has 1 saturated heterocycles. The molecule has 0 bridgehead atoms. The fourth-order valence-electron chi connectivity index (χ4n) is 4.30. The minimum absolute atomic E-state index is 0. The van der Waals surface area contributed by atoms with Crippen molar-refractivity contribution in [3.8, 4) is 0 Å². The van der Waals surface area contributed by atoms with E-state index in [1.807, 2.05) is 18.7 Å². The molecule has 2 aromatic rings. The average molecular weight is 410 g/mol. The SMILES string of the molecule is Cc1c(N2CC[C@H]([C@H](C)N)C2)c(F)cc2cc(C(=O)O)c(=O)n(C3CC3)c12.Cl. The van der Waals surface area contributed by atoms with Gasteiger partial charge in [-0.25, -0.2) is 9.18 Å². The molecule has 152 valence electrons. The Bertz CT molecular complexity index is 1000. The van der Waals surface area contributed by atoms with Gasteiger partial charge in [0.05, 0.1) is 11.2 Å². The third kappa shape index (κ3) is 3.26. The topological polar surface area (TPSA) is 88.6 Å². The number of anilines is 1. The van der Waals surface area contributed by atoms with Gasteiger partial charge in [-0.15, -0.1) is 12.4 Å². The molecule has 0 amide bonds. The molecule has 0 unspecified atom stereocenters. The zero-order valence-corrected chi connectivity index (χ0v) is 16.8. The smallest absolute Gasteiger partial charge is 0.341 e. The van der Waals surface area contributed by atoms with Gasteiger partial charge in [0.2, 0.25) is 0 Å². The number of fused-ring (bicyclic) bond motifs is 1. The summed E-state index contributed by atoms with van der Waals surface area (Å²) in [4.78, 5) is 26.3. The van der Waals surface area contributed by atoms with Crippen molar-refractivity contribution in [2.75, 3.05) is 18.0 Å². The number of nitrogens with two attached hydrogens (primary N) is 1. The van der Waals surface area contributed by atoms with Crippen molar-refractivity contribution in [2.45, 2.75) is 45.2 Å². The van der Waals surface area contributed by atoms with E-state index < -0.39 is 11.5 Å². The molecule has 2 fully saturated rings. The summed E-state index contributed by atoms with van der Waals surface area (Å²) in [7, 11) is 0. The Morgan fingerprint density at radius 3 is 2.54 bits per heavy atom. The van der Waals surface area contributed by atoms with E-state index in [0.717, 1.165) is 25.8 Å². The summed E-state index contributed by atoms with van der Waals surface area (Å²) in [6.07, 6.45) is 2.57. The number of aromatic carboxylic acids is 1. The fourth-order valence-corrected chi connectivity index (χ4v) is 4.30. The molecule has 0 spiro atoms. The lowest BCUT2D eigenvalue weighted by atomic mass is 10.0. The molecule has 2 atom stereocenters. The van der Waals surface area contributed by atoms with E-state index in [2.05, 4.69) is 0 Å². The van der Waals surface area contributed by atoms with Crippen molar-refractivity contribution >= 4 is 35.0 Å². The Kier molecular flexibility index (Phi) is 5.42. The van der Waals surface area contributed by atoms with Gasteiger partial charge in [-0.3, -0.25) is 4.79 Å². The zero-order valence-electron chi connectivity index (χ0n) is 15.9. The molecule has 2 aliphatic rings. The summed E-state index contributed by atoms with van der Waals surface area (Å²) >= 11 is 0. The number of benzene rings is 1. The Morgan fingerprint density at radius 2 is 2.00 bits per heavy atom. The highest BCUT2D eigenvalue weighted by molar-refractivity contribution is 5.95. The number of hydrogen-bond acceptors (Lipinski definition) is 4. The van der Waals surface area contributed by atoms with Crippen molar-refractivity contribution in [3.63, 3.8) is 0 Å². The van der Waals surface area contributed by atoms with Gasteiger partial charge in [0.15, 0.2) is 0 Å². The number of carboxylic acids is 1. The number of hydrogen-bond donors (Lipinski definition) is 2. The molecular formula is C20H25ClFN3O3. The number of carboxylic acid groups (broad SMARTS) is 1. The molecule has 6 nitrogen and oxygen atoms in total. The summed E-state index contributed by atoms with van der Waals surface area (Å²) in [6.45, 7) is 5.19. The molecule has 8 heteroatoms. The number of aromatic nitrogens is 1. The maximum Gasteiger partial charge on any atom is 0.341 e. The first-order chi connectivity index (χ1) is 12.8. The lowest BCUT2D eigenvalue weighted by molar-refractivity contribution is 0.0694. The highest BCUT2D eigenvalue weighted by Crippen LogP contribution is 2.40. The van der Waals surface area contributed by atoms with Crippen LogP contribution in [0.15, 0.2) is 16.9 Å². The Labute approximate surface area is 168 Å². The summed E-state index contributed by atoms with van der Waals surface area (Å²) in [5, 5.41) is 9.83. The van der Waals surface area contributed by atoms with Gasteiger partial charge in [0.25, 0.3) is 5.56 Å². The number of aryl methyl sites for hydroxylation is 1. The van der Waals surface area contributed by atoms with Gasteiger partial charge in [-0.2, -0.15) is 0 Å². The predicted molar refractivity (Wildman–Crippen MR) is 109 cm³/mol. The van der Waals surface area contributed by atoms with Crippen LogP contribution >= 0.6 is 12.4 Å². The van der Waals surface area contributed by atoms with Crippen LogP contribution in [0.4, 0.5) is 10.1 Å². The van der Waals surface area contributed by atoms with Crippen molar-refractivity contribution in [1.29, 1.82) is 0 Å². The number of carbonyl (C=O) groups is 1. The summed E-state index contributed by atoms with van der Waals surface area (Å²) in [5.41, 5.74) is 7.05. The number of pyridine rings is 1. The minimum Gasteiger partial charge on any atom is -0.477 e. The van der Waals surface area contributed by atoms with E-state index in [0.29, 0.717) is 34.6 Å². The minimum atomic E-state index is -1.28. The molecule has 1 saturated carbocycles. The highest BCUT2D eigenvalue weighted by atomic mass is 35.5. The maximum absolute atomic E-state index is 15.0. The van der Waals surface area contributed by atoms with Gasteiger partial charge in [0, 0.05) is 30.6 Å². The van der Waals surface area contributed by atoms with Crippen molar-refractivity contribution in [3.05, 3.63) is 39.4 Å². The second-order valence-electron chi connectivity index (χ2n) is 7.89. The zero-order chi connectivity index (χ0) is 19.5. The first-order valence-corrected chi connectivity index (χ1v) is 9.41. The first kappa shape index (κ1) is 20.6. The monoisotopic (exact) mass is 409 g/mol. The lowest BCUT2D eigenvalue weighted by Gasteiger charge is -2.25. The second kappa shape index (κ2) is 7.37. The van der Waals surface area contributed by atoms with Crippen LogP contribution in [0.5, 0.6) is 0 Å². The Morgan fingerprint density at radius 1 is 1.32 bits per heavy atom. The van der Waals surface area contributed by atoms with Crippen LogP contribution in [0.3, 0.4) is 0 Å². The maximum atomic E-state index is 15.0. The molecule has 1 aliphatic carbocycles. The Hall–Kier alpha value is -2.12. The molecule has 28 heavy (non-hydrogen) atoms. The van der Waals surface area contributed by atoms with Crippen molar-refractivity contribution in [1.82, 2.24) is 4.57 Å². The van der Waals surface area contributed by atoms with Crippen LogP contribution in [-0.2, 0) is 0 Å². The van der Waals surface area contributed by atoms with Gasteiger partial charge in [-0.1, -0.05) is 0 Å².